The highest BCUT2D eigenvalue weighted by Crippen LogP contribution is 2.37. The number of amidine groups is 1. The van der Waals surface area contributed by atoms with Gasteiger partial charge in [-0.15, -0.1) is 11.6 Å². The van der Waals surface area contributed by atoms with Gasteiger partial charge in [0.15, 0.2) is 5.17 Å². The van der Waals surface area contributed by atoms with Gasteiger partial charge in [0.25, 0.3) is 5.91 Å². The van der Waals surface area contributed by atoms with Crippen molar-refractivity contribution >= 4 is 51.4 Å². The molecule has 0 saturated heterocycles. The summed E-state index contributed by atoms with van der Waals surface area (Å²) in [5.74, 6) is -0.286. The molecule has 1 aromatic carbocycles. The number of nitrogens with zero attached hydrogens (tertiary/aromatic N) is 5. The maximum absolute atomic E-state index is 13.5. The van der Waals surface area contributed by atoms with Gasteiger partial charge in [0.1, 0.15) is 0 Å². The van der Waals surface area contributed by atoms with Crippen molar-refractivity contribution in [2.24, 2.45) is 4.99 Å². The topological polar surface area (TPSA) is 53.7 Å². The van der Waals surface area contributed by atoms with E-state index in [1.165, 1.54) is 17.8 Å². The molecule has 1 unspecified atom stereocenters. The summed E-state index contributed by atoms with van der Waals surface area (Å²) in [6, 6.07) is 5.48. The lowest BCUT2D eigenvalue weighted by molar-refractivity contribution is -0.113. The van der Waals surface area contributed by atoms with Gasteiger partial charge in [-0.2, -0.15) is 23.3 Å². The number of aliphatic imine (C=N–C) groups is 1. The van der Waals surface area contributed by atoms with Crippen LogP contribution in [0, 0.1) is 0 Å². The Hall–Kier alpha value is -2.56. The van der Waals surface area contributed by atoms with Crippen molar-refractivity contribution in [3.05, 3.63) is 58.2 Å². The van der Waals surface area contributed by atoms with Gasteiger partial charge in [-0.25, -0.2) is 0 Å². The van der Waals surface area contributed by atoms with Crippen LogP contribution < -0.4 is 0 Å². The largest absolute Gasteiger partial charge is 0.416 e. The van der Waals surface area contributed by atoms with E-state index in [1.54, 1.807) is 23.0 Å². The number of alkyl halides is 4. The Kier molecular flexibility index (Phi) is 7.44. The molecule has 0 spiro atoms. The van der Waals surface area contributed by atoms with E-state index >= 15 is 0 Å². The molecule has 1 aromatic heterocycles. The summed E-state index contributed by atoms with van der Waals surface area (Å²) in [5, 5.41) is 5.06. The van der Waals surface area contributed by atoms with E-state index in [9.17, 15) is 18.0 Å². The molecule has 1 aliphatic heterocycles. The minimum absolute atomic E-state index is 0.0102. The first-order chi connectivity index (χ1) is 16.5. The molecule has 4 rings (SSSR count). The number of likely N-dealkylation sites (N-methyl/N-ethyl adjacent to an activating group) is 2. The first-order valence-electron chi connectivity index (χ1n) is 11.0. The zero-order chi connectivity index (χ0) is 25.3. The van der Waals surface area contributed by atoms with E-state index in [2.05, 4.69) is 15.0 Å². The van der Waals surface area contributed by atoms with Gasteiger partial charge in [-0.05, 0) is 61.6 Å². The second-order valence-electron chi connectivity index (χ2n) is 8.71. The Balaban J connectivity index is 1.50. The predicted molar refractivity (Wildman–Crippen MR) is 135 cm³/mol. The zero-order valence-corrected chi connectivity index (χ0v) is 21.1. The van der Waals surface area contributed by atoms with Crippen molar-refractivity contribution in [1.82, 2.24) is 19.6 Å². The molecular weight excluding hydrogens is 499 g/mol. The van der Waals surface area contributed by atoms with Crippen LogP contribution in [-0.2, 0) is 11.3 Å². The lowest BCUT2D eigenvalue weighted by atomic mass is 9.97. The lowest BCUT2D eigenvalue weighted by Crippen LogP contribution is -2.31. The highest BCUT2D eigenvalue weighted by molar-refractivity contribution is 8.18. The van der Waals surface area contributed by atoms with Crippen LogP contribution in [0.4, 0.5) is 13.2 Å². The van der Waals surface area contributed by atoms with E-state index in [1.807, 2.05) is 38.2 Å². The Morgan fingerprint density at radius 3 is 2.74 bits per heavy atom. The van der Waals surface area contributed by atoms with E-state index in [4.69, 9.17) is 11.6 Å². The van der Waals surface area contributed by atoms with E-state index in [0.29, 0.717) is 22.0 Å². The van der Waals surface area contributed by atoms with Crippen LogP contribution in [0.2, 0.25) is 0 Å². The number of rotatable bonds is 6. The van der Waals surface area contributed by atoms with Crippen molar-refractivity contribution in [3.63, 3.8) is 0 Å². The molecule has 1 aliphatic carbocycles. The van der Waals surface area contributed by atoms with Crippen LogP contribution >= 0.6 is 23.4 Å². The number of thioether (sulfide) groups is 1. The molecule has 2 aromatic rings. The third-order valence-corrected chi connectivity index (χ3v) is 7.09. The number of carbonyl (C=O) groups excluding carboxylic acids is 1. The lowest BCUT2D eigenvalue weighted by Gasteiger charge is -2.21. The quantitative estimate of drug-likeness (QED) is 0.397. The van der Waals surface area contributed by atoms with Crippen molar-refractivity contribution in [1.29, 1.82) is 0 Å². The standard InChI is InChI=1S/C24H25ClF3N5OS/c1-31(2)8-9-32(3)23-30-22(34)21(35-23)11-15-4-7-20-17(10-15)13-29-33(20)14-16-5-6-18(25)12-19(16)24(26,27)28/h4-5,7,10-13,18H,6,8-9,14H2,1-3H3/b21-11-. The molecule has 1 atom stereocenters. The zero-order valence-electron chi connectivity index (χ0n) is 19.5. The Morgan fingerprint density at radius 1 is 1.26 bits per heavy atom. The van der Waals surface area contributed by atoms with E-state index < -0.39 is 17.1 Å². The molecule has 186 valence electrons. The van der Waals surface area contributed by atoms with Crippen LogP contribution in [0.3, 0.4) is 0 Å². The fourth-order valence-electron chi connectivity index (χ4n) is 3.79. The first-order valence-corrected chi connectivity index (χ1v) is 12.2. The fourth-order valence-corrected chi connectivity index (χ4v) is 4.90. The Bertz CT molecular complexity index is 1260. The van der Waals surface area contributed by atoms with Gasteiger partial charge < -0.3 is 9.80 Å². The number of allylic oxidation sites excluding steroid dienone is 4. The highest BCUT2D eigenvalue weighted by Gasteiger charge is 2.37. The molecule has 0 N–H and O–H groups in total. The summed E-state index contributed by atoms with van der Waals surface area (Å²) < 4.78 is 42.0. The van der Waals surface area contributed by atoms with Gasteiger partial charge in [-0.3, -0.25) is 9.48 Å². The Morgan fingerprint density at radius 2 is 2.03 bits per heavy atom. The van der Waals surface area contributed by atoms with Crippen LogP contribution in [0.5, 0.6) is 0 Å². The number of aromatic nitrogens is 2. The summed E-state index contributed by atoms with van der Waals surface area (Å²) in [7, 11) is 5.87. The average Bonchev–Trinajstić information content (AvgIpc) is 3.35. The highest BCUT2D eigenvalue weighted by atomic mass is 35.5. The van der Waals surface area contributed by atoms with Gasteiger partial charge >= 0.3 is 6.18 Å². The molecular formula is C24H25ClF3N5OS. The summed E-state index contributed by atoms with van der Waals surface area (Å²) in [4.78, 5) is 21.1. The molecule has 0 radical (unpaired) electrons. The van der Waals surface area contributed by atoms with Crippen molar-refractivity contribution in [2.45, 2.75) is 24.5 Å². The summed E-state index contributed by atoms with van der Waals surface area (Å²) in [6.45, 7) is 1.58. The summed E-state index contributed by atoms with van der Waals surface area (Å²) in [5.41, 5.74) is 0.935. The van der Waals surface area contributed by atoms with Gasteiger partial charge in [0.2, 0.25) is 0 Å². The number of hydrogen-bond acceptors (Lipinski definition) is 5. The number of fused-ring (bicyclic) bond motifs is 1. The minimum atomic E-state index is -4.48. The maximum Gasteiger partial charge on any atom is 0.416 e. The molecule has 0 saturated carbocycles. The third-order valence-electron chi connectivity index (χ3n) is 5.69. The Labute approximate surface area is 210 Å². The van der Waals surface area contributed by atoms with E-state index in [0.717, 1.165) is 30.1 Å². The van der Waals surface area contributed by atoms with Crippen molar-refractivity contribution < 1.29 is 18.0 Å². The fraction of sp³-hybridized carbons (Fsp3) is 0.375. The average molecular weight is 524 g/mol. The number of hydrogen-bond donors (Lipinski definition) is 0. The molecule has 1 amide bonds. The SMILES string of the molecule is CN(C)CCN(C)C1=NC(=O)/C(=C/c2ccc3c(cnn3CC3=CCC(Cl)C=C3C(F)(F)F)c2)S1. The van der Waals surface area contributed by atoms with Crippen LogP contribution in [0.15, 0.2) is 57.6 Å². The van der Waals surface area contributed by atoms with Crippen molar-refractivity contribution in [2.75, 3.05) is 34.2 Å². The second-order valence-corrected chi connectivity index (χ2v) is 10.3. The van der Waals surface area contributed by atoms with Gasteiger partial charge in [-0.1, -0.05) is 18.2 Å². The number of halogens is 4. The van der Waals surface area contributed by atoms with Gasteiger partial charge in [0, 0.05) is 25.5 Å². The normalized spacial score (nSPS) is 20.0. The molecule has 11 heteroatoms. The molecule has 35 heavy (non-hydrogen) atoms. The predicted octanol–water partition coefficient (Wildman–Crippen LogP) is 4.93. The number of benzene rings is 1. The van der Waals surface area contributed by atoms with Crippen LogP contribution in [0.25, 0.3) is 17.0 Å². The monoisotopic (exact) mass is 523 g/mol. The first kappa shape index (κ1) is 25.5. The van der Waals surface area contributed by atoms with Crippen molar-refractivity contribution in [3.8, 4) is 0 Å². The summed E-state index contributed by atoms with van der Waals surface area (Å²) >= 11 is 7.25. The molecule has 6 nitrogen and oxygen atoms in total. The smallest absolute Gasteiger partial charge is 0.353 e. The number of carbonyl (C=O) groups is 1. The maximum atomic E-state index is 13.5. The van der Waals surface area contributed by atoms with Crippen LogP contribution in [0.1, 0.15) is 12.0 Å². The van der Waals surface area contributed by atoms with Crippen LogP contribution in [-0.4, -0.2) is 76.4 Å². The molecule has 2 aliphatic rings. The third kappa shape index (κ3) is 5.99. The molecule has 0 bridgehead atoms. The summed E-state index contributed by atoms with van der Waals surface area (Å²) in [6.07, 6.45) is 1.85. The second kappa shape index (κ2) is 10.2. The molecule has 2 heterocycles. The van der Waals surface area contributed by atoms with Gasteiger partial charge in [0.05, 0.1) is 34.1 Å². The molecule has 0 fully saturated rings. The number of amides is 1. The van der Waals surface area contributed by atoms with E-state index in [-0.39, 0.29) is 18.0 Å². The minimum Gasteiger partial charge on any atom is -0.353 e.